The number of aromatic nitrogens is 8. The normalized spacial score (nSPS) is 14.7. The lowest BCUT2D eigenvalue weighted by Crippen LogP contribution is -2.10. The van der Waals surface area contributed by atoms with E-state index in [-0.39, 0.29) is 0 Å². The fourth-order valence-electron chi connectivity index (χ4n) is 3.03. The average Bonchev–Trinajstić information content (AvgIpc) is 3.29. The Kier molecular flexibility index (Phi) is 4.70. The van der Waals surface area contributed by atoms with Gasteiger partial charge in [0.25, 0.3) is 0 Å². The molecule has 3 heterocycles. The molecule has 0 bridgehead atoms. The van der Waals surface area contributed by atoms with Gasteiger partial charge in [0.2, 0.25) is 5.82 Å². The predicted molar refractivity (Wildman–Crippen MR) is 112 cm³/mol. The lowest BCUT2D eigenvalue weighted by Gasteiger charge is -2.12. The number of benzene rings is 1. The number of pyridine rings is 1. The molecule has 9 nitrogen and oxygen atoms in total. The molecular weight excluding hydrogens is 483 g/mol. The average molecular weight is 500 g/mol. The first kappa shape index (κ1) is 18.2. The molecule has 0 aliphatic heterocycles. The molecule has 1 aliphatic rings. The van der Waals surface area contributed by atoms with Crippen LogP contribution in [0.4, 0.5) is 0 Å². The fourth-order valence-corrected chi connectivity index (χ4v) is 3.55. The Morgan fingerprint density at radius 3 is 2.69 bits per heavy atom. The Hall–Kier alpha value is -2.89. The lowest BCUT2D eigenvalue weighted by molar-refractivity contribution is 0.188. The molecule has 0 radical (unpaired) electrons. The Balaban J connectivity index is 1.40. The van der Waals surface area contributed by atoms with Crippen molar-refractivity contribution in [1.29, 1.82) is 0 Å². The number of hydrogen-bond donors (Lipinski definition) is 0. The van der Waals surface area contributed by atoms with Crippen LogP contribution in [0, 0.1) is 3.57 Å². The molecule has 1 aromatic carbocycles. The van der Waals surface area contributed by atoms with Crippen molar-refractivity contribution in [3.05, 3.63) is 58.2 Å². The van der Waals surface area contributed by atoms with Gasteiger partial charge >= 0.3 is 6.01 Å². The van der Waals surface area contributed by atoms with E-state index in [9.17, 15) is 0 Å². The van der Waals surface area contributed by atoms with E-state index in [0.717, 1.165) is 33.5 Å². The summed E-state index contributed by atoms with van der Waals surface area (Å²) < 4.78 is 9.25. The largest absolute Gasteiger partial charge is 0.452 e. The van der Waals surface area contributed by atoms with Gasteiger partial charge in [-0.3, -0.25) is 9.55 Å². The molecular formula is C19H17IN8O. The van der Waals surface area contributed by atoms with Crippen LogP contribution in [0.15, 0.2) is 48.8 Å². The summed E-state index contributed by atoms with van der Waals surface area (Å²) >= 11 is 2.25. The lowest BCUT2D eigenvalue weighted by atomic mass is 10.2. The third kappa shape index (κ3) is 3.71. The van der Waals surface area contributed by atoms with Crippen LogP contribution in [0.25, 0.3) is 17.1 Å². The van der Waals surface area contributed by atoms with Crippen molar-refractivity contribution in [2.24, 2.45) is 0 Å². The van der Waals surface area contributed by atoms with Gasteiger partial charge in [-0.25, -0.2) is 0 Å². The third-order valence-corrected chi connectivity index (χ3v) is 5.30. The Morgan fingerprint density at radius 2 is 1.93 bits per heavy atom. The second-order valence-corrected chi connectivity index (χ2v) is 8.07. The number of tetrazole rings is 1. The van der Waals surface area contributed by atoms with E-state index < -0.39 is 6.10 Å². The summed E-state index contributed by atoms with van der Waals surface area (Å²) in [5.74, 6) is 1.27. The van der Waals surface area contributed by atoms with E-state index in [1.54, 1.807) is 12.4 Å². The van der Waals surface area contributed by atoms with Crippen LogP contribution in [0.3, 0.4) is 0 Å². The van der Waals surface area contributed by atoms with Crippen LogP contribution in [-0.2, 0) is 0 Å². The second kappa shape index (κ2) is 7.50. The summed E-state index contributed by atoms with van der Waals surface area (Å²) in [7, 11) is 0. The van der Waals surface area contributed by atoms with E-state index in [0.29, 0.717) is 17.9 Å². The van der Waals surface area contributed by atoms with Gasteiger partial charge in [0.1, 0.15) is 0 Å². The summed E-state index contributed by atoms with van der Waals surface area (Å²) in [5, 5.41) is 21.4. The SMILES string of the molecule is CC(Oc1nnc(-c2ccncc2)n1C1CC1)c1nnn(-c2cccc(I)c2)n1. The second-order valence-electron chi connectivity index (χ2n) is 6.82. The molecule has 1 unspecified atom stereocenters. The first-order valence-electron chi connectivity index (χ1n) is 9.27. The van der Waals surface area contributed by atoms with Gasteiger partial charge in [0.05, 0.1) is 5.69 Å². The quantitative estimate of drug-likeness (QED) is 0.375. The molecule has 1 atom stereocenters. The number of ether oxygens (including phenoxy) is 1. The number of rotatable bonds is 6. The third-order valence-electron chi connectivity index (χ3n) is 4.63. The molecule has 4 aromatic rings. The smallest absolute Gasteiger partial charge is 0.318 e. The van der Waals surface area contributed by atoms with Crippen LogP contribution >= 0.6 is 22.6 Å². The molecule has 146 valence electrons. The molecule has 0 amide bonds. The standard InChI is InChI=1S/C19H17IN8O/c1-12(17-22-26-28(25-17)16-4-2-3-14(20)11-16)29-19-24-23-18(27(19)15-5-6-15)13-7-9-21-10-8-13/h2-4,7-12,15H,5-6H2,1H3. The van der Waals surface area contributed by atoms with E-state index in [1.807, 2.05) is 43.3 Å². The zero-order valence-corrected chi connectivity index (χ0v) is 17.7. The molecule has 5 rings (SSSR count). The Morgan fingerprint density at radius 1 is 1.10 bits per heavy atom. The minimum atomic E-state index is -0.418. The van der Waals surface area contributed by atoms with E-state index in [1.165, 1.54) is 4.80 Å². The molecule has 1 fully saturated rings. The molecule has 29 heavy (non-hydrogen) atoms. The topological polar surface area (TPSA) is 96.4 Å². The number of halogens is 1. The van der Waals surface area contributed by atoms with Gasteiger partial charge in [0.15, 0.2) is 11.9 Å². The van der Waals surface area contributed by atoms with E-state index >= 15 is 0 Å². The van der Waals surface area contributed by atoms with E-state index in [4.69, 9.17) is 4.74 Å². The molecule has 0 spiro atoms. The molecule has 0 N–H and O–H groups in total. The monoisotopic (exact) mass is 500 g/mol. The van der Waals surface area contributed by atoms with E-state index in [2.05, 4.69) is 57.8 Å². The Bertz CT molecular complexity index is 1140. The minimum Gasteiger partial charge on any atom is -0.452 e. The van der Waals surface area contributed by atoms with Gasteiger partial charge in [0, 0.05) is 27.6 Å². The summed E-state index contributed by atoms with van der Waals surface area (Å²) in [4.78, 5) is 5.58. The number of hydrogen-bond acceptors (Lipinski definition) is 7. The van der Waals surface area contributed by atoms with Crippen LogP contribution in [-0.4, -0.2) is 40.0 Å². The fraction of sp³-hybridized carbons (Fsp3) is 0.263. The van der Waals surface area contributed by atoms with Gasteiger partial charge in [-0.2, -0.15) is 0 Å². The van der Waals surface area contributed by atoms with Crippen molar-refractivity contribution in [1.82, 2.24) is 40.0 Å². The van der Waals surface area contributed by atoms with Crippen LogP contribution in [0.5, 0.6) is 6.01 Å². The van der Waals surface area contributed by atoms with Crippen molar-refractivity contribution in [3.8, 4) is 23.1 Å². The number of nitrogens with zero attached hydrogens (tertiary/aromatic N) is 8. The molecule has 10 heteroatoms. The van der Waals surface area contributed by atoms with Crippen LogP contribution in [0.2, 0.25) is 0 Å². The summed E-state index contributed by atoms with van der Waals surface area (Å²) in [6.45, 7) is 1.88. The maximum Gasteiger partial charge on any atom is 0.318 e. The highest BCUT2D eigenvalue weighted by molar-refractivity contribution is 14.1. The molecule has 1 saturated carbocycles. The maximum atomic E-state index is 6.10. The molecule has 0 saturated heterocycles. The van der Waals surface area contributed by atoms with Crippen molar-refractivity contribution >= 4 is 22.6 Å². The predicted octanol–water partition coefficient (Wildman–Crippen LogP) is 3.40. The van der Waals surface area contributed by atoms with Gasteiger partial charge in [-0.05, 0) is 77.9 Å². The highest BCUT2D eigenvalue weighted by Gasteiger charge is 2.32. The first-order valence-corrected chi connectivity index (χ1v) is 10.3. The summed E-state index contributed by atoms with van der Waals surface area (Å²) in [6, 6.07) is 12.6. The zero-order chi connectivity index (χ0) is 19.8. The minimum absolute atomic E-state index is 0.352. The van der Waals surface area contributed by atoms with Gasteiger partial charge in [-0.15, -0.1) is 20.1 Å². The maximum absolute atomic E-state index is 6.10. The highest BCUT2D eigenvalue weighted by atomic mass is 127. The van der Waals surface area contributed by atoms with Crippen molar-refractivity contribution in [2.45, 2.75) is 31.9 Å². The van der Waals surface area contributed by atoms with Gasteiger partial charge in [-0.1, -0.05) is 11.2 Å². The highest BCUT2D eigenvalue weighted by Crippen LogP contribution is 2.41. The Labute approximate surface area is 180 Å². The first-order chi connectivity index (χ1) is 14.2. The zero-order valence-electron chi connectivity index (χ0n) is 15.6. The van der Waals surface area contributed by atoms with Crippen LogP contribution < -0.4 is 4.74 Å². The van der Waals surface area contributed by atoms with Gasteiger partial charge < -0.3 is 4.74 Å². The molecule has 3 aromatic heterocycles. The summed E-state index contributed by atoms with van der Waals surface area (Å²) in [6.07, 6.45) is 5.25. The van der Waals surface area contributed by atoms with Crippen molar-refractivity contribution < 1.29 is 4.74 Å². The van der Waals surface area contributed by atoms with Crippen molar-refractivity contribution in [3.63, 3.8) is 0 Å². The summed E-state index contributed by atoms with van der Waals surface area (Å²) in [5.41, 5.74) is 1.81. The van der Waals surface area contributed by atoms with Crippen LogP contribution in [0.1, 0.15) is 37.7 Å². The van der Waals surface area contributed by atoms with Crippen molar-refractivity contribution in [2.75, 3.05) is 0 Å². The molecule has 1 aliphatic carbocycles.